The summed E-state index contributed by atoms with van der Waals surface area (Å²) in [6, 6.07) is 5.40. The second-order valence-electron chi connectivity index (χ2n) is 5.67. The minimum Gasteiger partial charge on any atom is -0.493 e. The third kappa shape index (κ3) is 8.13. The molecular formula is C20H29NO6. The molecule has 1 amide bonds. The van der Waals surface area contributed by atoms with Crippen LogP contribution in [0.15, 0.2) is 24.3 Å². The van der Waals surface area contributed by atoms with Gasteiger partial charge in [0, 0.05) is 32.9 Å². The van der Waals surface area contributed by atoms with Crippen LogP contribution in [0.25, 0.3) is 6.08 Å². The number of ether oxygens (including phenoxy) is 4. The zero-order valence-electron chi connectivity index (χ0n) is 16.5. The van der Waals surface area contributed by atoms with Crippen molar-refractivity contribution in [3.8, 4) is 11.5 Å². The number of hydrogen-bond donors (Lipinski definition) is 0. The third-order valence-corrected chi connectivity index (χ3v) is 3.81. The van der Waals surface area contributed by atoms with Crippen LogP contribution in [0.4, 0.5) is 0 Å². The molecular weight excluding hydrogens is 350 g/mol. The highest BCUT2D eigenvalue weighted by atomic mass is 16.5. The molecule has 0 atom stereocenters. The molecule has 7 nitrogen and oxygen atoms in total. The molecule has 1 aromatic rings. The number of esters is 1. The summed E-state index contributed by atoms with van der Waals surface area (Å²) in [5, 5.41) is 0. The molecule has 0 aliphatic rings. The van der Waals surface area contributed by atoms with Crippen LogP contribution < -0.4 is 9.47 Å². The Balaban J connectivity index is 2.78. The molecule has 0 spiro atoms. The molecule has 7 heteroatoms. The fourth-order valence-corrected chi connectivity index (χ4v) is 2.42. The average Bonchev–Trinajstić information content (AvgIpc) is 2.68. The van der Waals surface area contributed by atoms with Gasteiger partial charge in [-0.15, -0.1) is 0 Å². The number of amides is 1. The van der Waals surface area contributed by atoms with E-state index in [0.717, 1.165) is 5.56 Å². The number of rotatable bonds is 12. The van der Waals surface area contributed by atoms with Crippen molar-refractivity contribution < 1.29 is 28.5 Å². The summed E-state index contributed by atoms with van der Waals surface area (Å²) in [6.07, 6.45) is 4.04. The zero-order chi connectivity index (χ0) is 20.1. The first-order valence-corrected chi connectivity index (χ1v) is 8.89. The maximum Gasteiger partial charge on any atom is 0.307 e. The second kappa shape index (κ2) is 12.8. The van der Waals surface area contributed by atoms with Crippen LogP contribution in [0.3, 0.4) is 0 Å². The van der Waals surface area contributed by atoms with E-state index in [1.54, 1.807) is 51.4 Å². The van der Waals surface area contributed by atoms with Gasteiger partial charge in [-0.1, -0.05) is 6.07 Å². The number of hydrogen-bond acceptors (Lipinski definition) is 6. The van der Waals surface area contributed by atoms with Crippen molar-refractivity contribution in [1.29, 1.82) is 0 Å². The van der Waals surface area contributed by atoms with Crippen molar-refractivity contribution >= 4 is 18.0 Å². The normalized spacial score (nSPS) is 10.7. The minimum atomic E-state index is -0.314. The highest BCUT2D eigenvalue weighted by molar-refractivity contribution is 5.92. The van der Waals surface area contributed by atoms with E-state index in [2.05, 4.69) is 0 Å². The molecule has 0 aliphatic carbocycles. The molecule has 0 fully saturated rings. The van der Waals surface area contributed by atoms with Gasteiger partial charge in [0.15, 0.2) is 11.5 Å². The third-order valence-electron chi connectivity index (χ3n) is 3.81. The van der Waals surface area contributed by atoms with Gasteiger partial charge in [0.05, 0.1) is 27.2 Å². The largest absolute Gasteiger partial charge is 0.493 e. The van der Waals surface area contributed by atoms with E-state index in [1.165, 1.54) is 6.08 Å². The summed E-state index contributed by atoms with van der Waals surface area (Å²) < 4.78 is 20.4. The Labute approximate surface area is 160 Å². The first kappa shape index (κ1) is 22.5. The number of methoxy groups -OCH3 is 3. The van der Waals surface area contributed by atoms with Crippen LogP contribution in [0.2, 0.25) is 0 Å². The zero-order valence-corrected chi connectivity index (χ0v) is 16.5. The molecule has 0 heterocycles. The summed E-state index contributed by atoms with van der Waals surface area (Å²) in [5.74, 6) is 0.721. The fourth-order valence-electron chi connectivity index (χ4n) is 2.42. The summed E-state index contributed by atoms with van der Waals surface area (Å²) in [6.45, 7) is 3.43. The molecule has 150 valence electrons. The van der Waals surface area contributed by atoms with E-state index in [9.17, 15) is 9.59 Å². The Morgan fingerprint density at radius 1 is 1.07 bits per heavy atom. The summed E-state index contributed by atoms with van der Waals surface area (Å²) in [5.41, 5.74) is 0.809. The summed E-state index contributed by atoms with van der Waals surface area (Å²) >= 11 is 0. The Hall–Kier alpha value is -2.54. The molecule has 0 unspecified atom stereocenters. The predicted molar refractivity (Wildman–Crippen MR) is 103 cm³/mol. The highest BCUT2D eigenvalue weighted by Crippen LogP contribution is 2.27. The van der Waals surface area contributed by atoms with Crippen molar-refractivity contribution in [2.75, 3.05) is 47.6 Å². The van der Waals surface area contributed by atoms with Gasteiger partial charge in [0.2, 0.25) is 5.91 Å². The Morgan fingerprint density at radius 3 is 2.44 bits per heavy atom. The van der Waals surface area contributed by atoms with Crippen LogP contribution >= 0.6 is 0 Å². The molecule has 0 aromatic heterocycles. The standard InChI is InChI=1S/C20H29NO6/c1-5-27-20(23)11-13-21(12-6-14-24-2)19(22)10-8-16-7-9-17(25-3)18(15-16)26-4/h7-10,15H,5-6,11-14H2,1-4H3/b10-8+. The average molecular weight is 379 g/mol. The minimum absolute atomic E-state index is 0.163. The van der Waals surface area contributed by atoms with E-state index < -0.39 is 0 Å². The van der Waals surface area contributed by atoms with Gasteiger partial charge < -0.3 is 23.8 Å². The number of carbonyl (C=O) groups excluding carboxylic acids is 2. The lowest BCUT2D eigenvalue weighted by Crippen LogP contribution is -2.33. The van der Waals surface area contributed by atoms with Crippen LogP contribution in [-0.2, 0) is 19.1 Å². The van der Waals surface area contributed by atoms with Crippen molar-refractivity contribution in [3.05, 3.63) is 29.8 Å². The number of benzene rings is 1. The number of carbonyl (C=O) groups is 2. The fraction of sp³-hybridized carbons (Fsp3) is 0.500. The van der Waals surface area contributed by atoms with Crippen LogP contribution in [-0.4, -0.2) is 64.4 Å². The SMILES string of the molecule is CCOC(=O)CCN(CCCOC)C(=O)/C=C/c1ccc(OC)c(OC)c1. The van der Waals surface area contributed by atoms with Crippen molar-refractivity contribution in [3.63, 3.8) is 0 Å². The first-order valence-electron chi connectivity index (χ1n) is 8.89. The van der Waals surface area contributed by atoms with Gasteiger partial charge in [-0.05, 0) is 37.1 Å². The van der Waals surface area contributed by atoms with E-state index in [1.807, 2.05) is 6.07 Å². The smallest absolute Gasteiger partial charge is 0.307 e. The van der Waals surface area contributed by atoms with Crippen LogP contribution in [0, 0.1) is 0 Å². The Kier molecular flexibility index (Phi) is 10.6. The molecule has 0 radical (unpaired) electrons. The predicted octanol–water partition coefficient (Wildman–Crippen LogP) is 2.54. The molecule has 0 bridgehead atoms. The van der Waals surface area contributed by atoms with Crippen molar-refractivity contribution in [2.24, 2.45) is 0 Å². The second-order valence-corrected chi connectivity index (χ2v) is 5.67. The van der Waals surface area contributed by atoms with Gasteiger partial charge in [-0.2, -0.15) is 0 Å². The van der Waals surface area contributed by atoms with E-state index in [4.69, 9.17) is 18.9 Å². The molecule has 1 aromatic carbocycles. The summed E-state index contributed by atoms with van der Waals surface area (Å²) in [7, 11) is 4.74. The van der Waals surface area contributed by atoms with E-state index in [0.29, 0.717) is 44.2 Å². The van der Waals surface area contributed by atoms with Crippen LogP contribution in [0.1, 0.15) is 25.3 Å². The first-order chi connectivity index (χ1) is 13.0. The van der Waals surface area contributed by atoms with Gasteiger partial charge >= 0.3 is 5.97 Å². The van der Waals surface area contributed by atoms with E-state index >= 15 is 0 Å². The van der Waals surface area contributed by atoms with Crippen molar-refractivity contribution in [2.45, 2.75) is 19.8 Å². The molecule has 0 saturated heterocycles. The lowest BCUT2D eigenvalue weighted by atomic mass is 10.2. The molecule has 1 rings (SSSR count). The van der Waals surface area contributed by atoms with Gasteiger partial charge in [-0.3, -0.25) is 9.59 Å². The van der Waals surface area contributed by atoms with Gasteiger partial charge in [0.1, 0.15) is 0 Å². The van der Waals surface area contributed by atoms with Crippen LogP contribution in [0.5, 0.6) is 11.5 Å². The Bertz CT molecular complexity index is 629. The lowest BCUT2D eigenvalue weighted by Gasteiger charge is -2.20. The molecule has 27 heavy (non-hydrogen) atoms. The van der Waals surface area contributed by atoms with Crippen molar-refractivity contribution in [1.82, 2.24) is 4.90 Å². The summed E-state index contributed by atoms with van der Waals surface area (Å²) in [4.78, 5) is 25.7. The Morgan fingerprint density at radius 2 is 1.81 bits per heavy atom. The number of nitrogens with zero attached hydrogens (tertiary/aromatic N) is 1. The molecule has 0 saturated carbocycles. The van der Waals surface area contributed by atoms with Gasteiger partial charge in [0.25, 0.3) is 0 Å². The highest BCUT2D eigenvalue weighted by Gasteiger charge is 2.13. The van der Waals surface area contributed by atoms with Gasteiger partial charge in [-0.25, -0.2) is 0 Å². The van der Waals surface area contributed by atoms with E-state index in [-0.39, 0.29) is 18.3 Å². The quantitative estimate of drug-likeness (QED) is 0.316. The monoisotopic (exact) mass is 379 g/mol. The lowest BCUT2D eigenvalue weighted by molar-refractivity contribution is -0.143. The molecule has 0 aliphatic heterocycles. The topological polar surface area (TPSA) is 74.3 Å². The molecule has 0 N–H and O–H groups in total. The maximum absolute atomic E-state index is 12.5. The maximum atomic E-state index is 12.5.